The van der Waals surface area contributed by atoms with Crippen molar-refractivity contribution in [3.05, 3.63) is 199 Å². The quantitative estimate of drug-likeness (QED) is 0.174. The molecule has 0 fully saturated rings. The maximum atomic E-state index is 5.29. The van der Waals surface area contributed by atoms with E-state index in [2.05, 4.69) is 127 Å². The summed E-state index contributed by atoms with van der Waals surface area (Å²) in [6.07, 6.45) is 7.14. The van der Waals surface area contributed by atoms with Gasteiger partial charge in [0.25, 0.3) is 0 Å². The largest absolute Gasteiger partial charge is 0.245 e. The first-order valence-electron chi connectivity index (χ1n) is 18.8. The monoisotopic (exact) mass is 731 g/mol. The molecule has 0 saturated carbocycles. The van der Waals surface area contributed by atoms with Crippen LogP contribution in [0.1, 0.15) is 22.3 Å². The molecule has 1 aliphatic rings. The van der Waals surface area contributed by atoms with Crippen molar-refractivity contribution in [3.63, 3.8) is 0 Å². The third-order valence-corrected chi connectivity index (χ3v) is 11.3. The van der Waals surface area contributed by atoms with Gasteiger partial charge in [0.2, 0.25) is 11.9 Å². The minimum atomic E-state index is -0.593. The number of benzene rings is 4. The molecule has 0 spiro atoms. The highest BCUT2D eigenvalue weighted by Crippen LogP contribution is 2.56. The molecule has 0 amide bonds. The highest BCUT2D eigenvalue weighted by atomic mass is 15.3. The van der Waals surface area contributed by atoms with Crippen LogP contribution in [0.15, 0.2) is 176 Å². The third kappa shape index (κ3) is 4.42. The maximum Gasteiger partial charge on any atom is 0.242 e. The summed E-state index contributed by atoms with van der Waals surface area (Å²) in [5.74, 6) is 1.26. The summed E-state index contributed by atoms with van der Waals surface area (Å²) < 4.78 is 3.85. The van der Waals surface area contributed by atoms with Gasteiger partial charge in [-0.1, -0.05) is 97.1 Å². The number of aromatic nitrogens is 9. The lowest BCUT2D eigenvalue weighted by Gasteiger charge is -2.34. The first-order chi connectivity index (χ1) is 28.3. The normalized spacial score (nSPS) is 13.1. The van der Waals surface area contributed by atoms with Crippen LogP contribution in [0.2, 0.25) is 0 Å². The molecule has 7 aromatic heterocycles. The molecule has 0 unspecified atom stereocenters. The topological polar surface area (TPSA) is 100 Å². The van der Waals surface area contributed by atoms with Gasteiger partial charge >= 0.3 is 0 Å². The van der Waals surface area contributed by atoms with E-state index in [4.69, 9.17) is 34.9 Å². The van der Waals surface area contributed by atoms with E-state index in [1.807, 2.05) is 33.4 Å². The molecule has 9 nitrogen and oxygen atoms in total. The average molecular weight is 732 g/mol. The lowest BCUT2D eigenvalue weighted by atomic mass is 9.67. The molecular formula is C48H29N9. The van der Waals surface area contributed by atoms with Crippen molar-refractivity contribution in [2.45, 2.75) is 5.41 Å². The van der Waals surface area contributed by atoms with Gasteiger partial charge in [0.15, 0.2) is 5.82 Å². The fraction of sp³-hybridized carbons (Fsp3) is 0.0208. The number of hydrogen-bond acceptors (Lipinski definition) is 7. The van der Waals surface area contributed by atoms with Crippen LogP contribution in [0.3, 0.4) is 0 Å². The second kappa shape index (κ2) is 12.0. The summed E-state index contributed by atoms with van der Waals surface area (Å²) >= 11 is 0. The second-order valence-electron chi connectivity index (χ2n) is 14.2. The molecule has 12 rings (SSSR count). The van der Waals surface area contributed by atoms with E-state index in [9.17, 15) is 0 Å². The van der Waals surface area contributed by atoms with Crippen LogP contribution in [0.4, 0.5) is 0 Å². The molecular weight excluding hydrogens is 703 g/mol. The Morgan fingerprint density at radius 1 is 0.368 bits per heavy atom. The van der Waals surface area contributed by atoms with Crippen molar-refractivity contribution < 1.29 is 0 Å². The first-order valence-corrected chi connectivity index (χ1v) is 18.8. The minimum Gasteiger partial charge on any atom is -0.245 e. The van der Waals surface area contributed by atoms with E-state index in [0.717, 1.165) is 32.7 Å². The summed E-state index contributed by atoms with van der Waals surface area (Å²) in [4.78, 5) is 35.1. The van der Waals surface area contributed by atoms with Gasteiger partial charge in [-0.05, 0) is 88.0 Å². The van der Waals surface area contributed by atoms with Crippen LogP contribution in [0.5, 0.6) is 0 Å². The van der Waals surface area contributed by atoms with Gasteiger partial charge in [0.05, 0.1) is 5.41 Å². The van der Waals surface area contributed by atoms with E-state index >= 15 is 0 Å². The highest BCUT2D eigenvalue weighted by Gasteiger charge is 2.46. The smallest absolute Gasteiger partial charge is 0.242 e. The summed E-state index contributed by atoms with van der Waals surface area (Å²) in [5, 5.41) is 3.82. The first kappa shape index (κ1) is 31.4. The Kier molecular flexibility index (Phi) is 6.64. The molecule has 0 bridgehead atoms. The van der Waals surface area contributed by atoms with E-state index in [0.29, 0.717) is 40.3 Å². The SMILES string of the molecule is c1ccc(C2(c3ccccc3)c3ccccc3-c3ccc(-c4nc(-n5c6ncccc6c6cccnc65)nc(-n5c6ncccc6c6cccnc65)n4)cc32)cc1. The highest BCUT2D eigenvalue weighted by molar-refractivity contribution is 6.07. The molecule has 0 N–H and O–H groups in total. The van der Waals surface area contributed by atoms with Crippen molar-refractivity contribution in [2.24, 2.45) is 0 Å². The number of fused-ring (bicyclic) bond motifs is 9. The molecule has 0 radical (unpaired) electrons. The van der Waals surface area contributed by atoms with E-state index < -0.39 is 5.41 Å². The molecule has 1 aliphatic carbocycles. The Morgan fingerprint density at radius 2 is 0.807 bits per heavy atom. The van der Waals surface area contributed by atoms with E-state index in [1.165, 1.54) is 27.8 Å². The van der Waals surface area contributed by atoms with Crippen molar-refractivity contribution >= 4 is 44.1 Å². The van der Waals surface area contributed by atoms with Crippen LogP contribution in [-0.4, -0.2) is 44.0 Å². The molecule has 11 aromatic rings. The maximum absolute atomic E-state index is 5.29. The lowest BCUT2D eigenvalue weighted by Crippen LogP contribution is -2.28. The number of hydrogen-bond donors (Lipinski definition) is 0. The standard InChI is InChI=1S/C48H29N9/c1-3-13-31(14-4-1)48(32-15-5-2-6-16-32)39-22-8-7-17-33(39)34-24-23-30(29-40(34)48)41-53-46(56-42-35(18-9-25-49-42)36-19-10-26-50-43(36)56)55-47(54-41)57-44-37(20-11-27-51-44)38-21-12-28-52-45(38)57/h1-29H. The predicted molar refractivity (Wildman–Crippen MR) is 222 cm³/mol. The minimum absolute atomic E-state index is 0.385. The van der Waals surface area contributed by atoms with Crippen LogP contribution < -0.4 is 0 Å². The van der Waals surface area contributed by atoms with Gasteiger partial charge in [-0.25, -0.2) is 29.1 Å². The van der Waals surface area contributed by atoms with Crippen LogP contribution in [0.25, 0.3) is 78.5 Å². The zero-order valence-corrected chi connectivity index (χ0v) is 30.3. The second-order valence-corrected chi connectivity index (χ2v) is 14.2. The molecule has 7 heterocycles. The molecule has 4 aromatic carbocycles. The van der Waals surface area contributed by atoms with Gasteiger partial charge < -0.3 is 0 Å². The summed E-state index contributed by atoms with van der Waals surface area (Å²) in [7, 11) is 0. The van der Waals surface area contributed by atoms with Gasteiger partial charge in [0, 0.05) is 51.9 Å². The predicted octanol–water partition coefficient (Wildman–Crippen LogP) is 9.68. The van der Waals surface area contributed by atoms with Gasteiger partial charge in [0.1, 0.15) is 22.6 Å². The number of rotatable bonds is 5. The van der Waals surface area contributed by atoms with Gasteiger partial charge in [-0.15, -0.1) is 0 Å². The molecule has 266 valence electrons. The Morgan fingerprint density at radius 3 is 1.30 bits per heavy atom. The summed E-state index contributed by atoms with van der Waals surface area (Å²) in [6.45, 7) is 0. The van der Waals surface area contributed by atoms with Crippen LogP contribution >= 0.6 is 0 Å². The number of nitrogens with zero attached hydrogens (tertiary/aromatic N) is 9. The van der Waals surface area contributed by atoms with E-state index in [1.54, 1.807) is 24.8 Å². The Bertz CT molecular complexity index is 3090. The summed E-state index contributed by atoms with van der Waals surface area (Å²) in [5.41, 5.74) is 10.2. The van der Waals surface area contributed by atoms with Crippen molar-refractivity contribution in [2.75, 3.05) is 0 Å². The Labute approximate surface area is 325 Å². The molecule has 9 heteroatoms. The van der Waals surface area contributed by atoms with Gasteiger partial charge in [-0.2, -0.15) is 15.0 Å². The molecule has 57 heavy (non-hydrogen) atoms. The van der Waals surface area contributed by atoms with Crippen LogP contribution in [0, 0.1) is 0 Å². The Hall–Kier alpha value is -7.91. The molecule has 0 saturated heterocycles. The van der Waals surface area contributed by atoms with Gasteiger partial charge in [-0.3, -0.25) is 0 Å². The Balaban J connectivity index is 1.18. The van der Waals surface area contributed by atoms with Crippen LogP contribution in [-0.2, 0) is 5.41 Å². The fourth-order valence-electron chi connectivity index (χ4n) is 8.99. The number of pyridine rings is 4. The van der Waals surface area contributed by atoms with Crippen molar-refractivity contribution in [3.8, 4) is 34.4 Å². The van der Waals surface area contributed by atoms with Crippen molar-refractivity contribution in [1.29, 1.82) is 0 Å². The van der Waals surface area contributed by atoms with E-state index in [-0.39, 0.29) is 0 Å². The zero-order valence-electron chi connectivity index (χ0n) is 30.3. The zero-order chi connectivity index (χ0) is 37.5. The van der Waals surface area contributed by atoms with Crippen molar-refractivity contribution in [1.82, 2.24) is 44.0 Å². The molecule has 0 aliphatic heterocycles. The third-order valence-electron chi connectivity index (χ3n) is 11.3. The summed E-state index contributed by atoms with van der Waals surface area (Å²) in [6, 6.07) is 52.9. The molecule has 0 atom stereocenters. The lowest BCUT2D eigenvalue weighted by molar-refractivity contribution is 0.768. The average Bonchev–Trinajstić information content (AvgIpc) is 3.91. The fourth-order valence-corrected chi connectivity index (χ4v) is 8.99.